The molecule has 7 nitrogen and oxygen atoms in total. The minimum atomic E-state index is 0.645. The number of hydrogen-bond donors (Lipinski definition) is 0. The fourth-order valence-corrected chi connectivity index (χ4v) is 2.89. The van der Waals surface area contributed by atoms with Gasteiger partial charge in [0.2, 0.25) is 5.88 Å². The van der Waals surface area contributed by atoms with E-state index in [9.17, 15) is 0 Å². The first-order valence-electron chi connectivity index (χ1n) is 6.59. The second kappa shape index (κ2) is 5.65. The molecule has 0 saturated carbocycles. The summed E-state index contributed by atoms with van der Waals surface area (Å²) in [5.41, 5.74) is 1.68. The van der Waals surface area contributed by atoms with E-state index in [2.05, 4.69) is 26.2 Å². The number of imidazole rings is 1. The SMILES string of the molecule is CCn1cnc2c(N(C)Cc3cc(OC)ns3)ncnc21. The van der Waals surface area contributed by atoms with Gasteiger partial charge in [0.15, 0.2) is 17.0 Å². The average molecular weight is 304 g/mol. The van der Waals surface area contributed by atoms with Crippen LogP contribution in [0.2, 0.25) is 0 Å². The van der Waals surface area contributed by atoms with Crippen molar-refractivity contribution < 1.29 is 4.74 Å². The second-order valence-electron chi connectivity index (χ2n) is 4.59. The molecule has 21 heavy (non-hydrogen) atoms. The van der Waals surface area contributed by atoms with Crippen molar-refractivity contribution in [2.24, 2.45) is 0 Å². The number of rotatable bonds is 5. The predicted molar refractivity (Wildman–Crippen MR) is 81.8 cm³/mol. The molecule has 110 valence electrons. The van der Waals surface area contributed by atoms with Gasteiger partial charge in [-0.15, -0.1) is 0 Å². The minimum absolute atomic E-state index is 0.645. The van der Waals surface area contributed by atoms with E-state index in [1.807, 2.05) is 22.6 Å². The van der Waals surface area contributed by atoms with Crippen LogP contribution in [0.4, 0.5) is 5.82 Å². The van der Waals surface area contributed by atoms with Crippen LogP contribution in [0.15, 0.2) is 18.7 Å². The molecule has 3 rings (SSSR count). The molecule has 0 aliphatic carbocycles. The molecule has 0 N–H and O–H groups in total. The highest BCUT2D eigenvalue weighted by Crippen LogP contribution is 2.24. The number of aromatic nitrogens is 5. The molecule has 0 radical (unpaired) electrons. The largest absolute Gasteiger partial charge is 0.480 e. The van der Waals surface area contributed by atoms with Crippen LogP contribution in [0.1, 0.15) is 11.8 Å². The standard InChI is InChI=1S/C13H16N6OS/c1-4-19-8-16-11-12(14-7-15-13(11)19)18(2)6-9-5-10(20-3)17-21-9/h5,7-8H,4,6H2,1-3H3. The molecular weight excluding hydrogens is 288 g/mol. The van der Waals surface area contributed by atoms with Crippen LogP contribution in [0.5, 0.6) is 5.88 Å². The average Bonchev–Trinajstić information content (AvgIpc) is 3.12. The molecule has 0 aliphatic heterocycles. The van der Waals surface area contributed by atoms with Crippen molar-refractivity contribution in [2.45, 2.75) is 20.0 Å². The first kappa shape index (κ1) is 13.7. The maximum Gasteiger partial charge on any atom is 0.225 e. The van der Waals surface area contributed by atoms with Crippen molar-refractivity contribution in [3.05, 3.63) is 23.6 Å². The third kappa shape index (κ3) is 2.54. The third-order valence-corrected chi connectivity index (χ3v) is 3.98. The summed E-state index contributed by atoms with van der Waals surface area (Å²) in [5.74, 6) is 1.46. The zero-order valence-electron chi connectivity index (χ0n) is 12.1. The van der Waals surface area contributed by atoms with Gasteiger partial charge in [0, 0.05) is 24.5 Å². The molecule has 0 atom stereocenters. The van der Waals surface area contributed by atoms with Crippen molar-refractivity contribution >= 4 is 28.5 Å². The van der Waals surface area contributed by atoms with E-state index in [-0.39, 0.29) is 0 Å². The van der Waals surface area contributed by atoms with Crippen molar-refractivity contribution in [3.8, 4) is 5.88 Å². The molecule has 0 aromatic carbocycles. The molecule has 0 fully saturated rings. The van der Waals surface area contributed by atoms with Gasteiger partial charge >= 0.3 is 0 Å². The lowest BCUT2D eigenvalue weighted by molar-refractivity contribution is 0.402. The van der Waals surface area contributed by atoms with Crippen molar-refractivity contribution in [1.29, 1.82) is 0 Å². The molecule has 3 aromatic rings. The molecule has 3 aromatic heterocycles. The van der Waals surface area contributed by atoms with E-state index >= 15 is 0 Å². The molecule has 0 amide bonds. The van der Waals surface area contributed by atoms with Crippen LogP contribution >= 0.6 is 11.5 Å². The number of aryl methyl sites for hydroxylation is 1. The predicted octanol–water partition coefficient (Wildman–Crippen LogP) is 1.95. The smallest absolute Gasteiger partial charge is 0.225 e. The first-order valence-corrected chi connectivity index (χ1v) is 7.36. The Morgan fingerprint density at radius 2 is 2.19 bits per heavy atom. The van der Waals surface area contributed by atoms with Gasteiger partial charge in [-0.25, -0.2) is 15.0 Å². The maximum atomic E-state index is 5.11. The van der Waals surface area contributed by atoms with Gasteiger partial charge in [-0.3, -0.25) is 0 Å². The summed E-state index contributed by atoms with van der Waals surface area (Å²) in [6.45, 7) is 3.60. The zero-order valence-corrected chi connectivity index (χ0v) is 13.0. The normalized spacial score (nSPS) is 11.0. The van der Waals surface area contributed by atoms with E-state index in [1.165, 1.54) is 11.5 Å². The number of nitrogens with zero attached hydrogens (tertiary/aromatic N) is 6. The lowest BCUT2D eigenvalue weighted by Crippen LogP contribution is -2.17. The van der Waals surface area contributed by atoms with E-state index in [1.54, 1.807) is 19.8 Å². The van der Waals surface area contributed by atoms with Gasteiger partial charge in [0.1, 0.15) is 6.33 Å². The molecular formula is C13H16N6OS. The Balaban J connectivity index is 1.90. The highest BCUT2D eigenvalue weighted by atomic mass is 32.1. The van der Waals surface area contributed by atoms with Gasteiger partial charge in [-0.05, 0) is 18.5 Å². The molecule has 0 unspecified atom stereocenters. The van der Waals surface area contributed by atoms with Gasteiger partial charge in [-0.2, -0.15) is 4.37 Å². The molecule has 0 aliphatic rings. The molecule has 0 spiro atoms. The quantitative estimate of drug-likeness (QED) is 0.717. The van der Waals surface area contributed by atoms with Crippen molar-refractivity contribution in [3.63, 3.8) is 0 Å². The summed E-state index contributed by atoms with van der Waals surface area (Å²) >= 11 is 1.43. The van der Waals surface area contributed by atoms with Gasteiger partial charge < -0.3 is 14.2 Å². The number of fused-ring (bicyclic) bond motifs is 1. The second-order valence-corrected chi connectivity index (χ2v) is 5.48. The molecule has 0 bridgehead atoms. The minimum Gasteiger partial charge on any atom is -0.480 e. The van der Waals surface area contributed by atoms with Gasteiger partial charge in [0.05, 0.1) is 20.0 Å². The monoisotopic (exact) mass is 304 g/mol. The number of anilines is 1. The summed E-state index contributed by atoms with van der Waals surface area (Å²) in [5, 5.41) is 0. The van der Waals surface area contributed by atoms with Crippen LogP contribution in [-0.2, 0) is 13.1 Å². The topological polar surface area (TPSA) is 69.0 Å². The summed E-state index contributed by atoms with van der Waals surface area (Å²) in [6, 6.07) is 1.93. The Labute approximate surface area is 126 Å². The summed E-state index contributed by atoms with van der Waals surface area (Å²) < 4.78 is 11.3. The van der Waals surface area contributed by atoms with E-state index in [4.69, 9.17) is 4.74 Å². The Kier molecular flexibility index (Phi) is 3.70. The van der Waals surface area contributed by atoms with Crippen molar-refractivity contribution in [1.82, 2.24) is 23.9 Å². The number of ether oxygens (including phenoxy) is 1. The molecule has 0 saturated heterocycles. The summed E-state index contributed by atoms with van der Waals surface area (Å²) in [6.07, 6.45) is 3.38. The van der Waals surface area contributed by atoms with E-state index in [0.717, 1.165) is 28.4 Å². The van der Waals surface area contributed by atoms with Gasteiger partial charge in [0.25, 0.3) is 0 Å². The fraction of sp³-hybridized carbons (Fsp3) is 0.385. The van der Waals surface area contributed by atoms with E-state index < -0.39 is 0 Å². The zero-order chi connectivity index (χ0) is 14.8. The van der Waals surface area contributed by atoms with Crippen LogP contribution in [0.25, 0.3) is 11.2 Å². The lowest BCUT2D eigenvalue weighted by Gasteiger charge is -2.16. The summed E-state index contributed by atoms with van der Waals surface area (Å²) in [4.78, 5) is 16.3. The Morgan fingerprint density at radius 3 is 2.90 bits per heavy atom. The third-order valence-electron chi connectivity index (χ3n) is 3.22. The van der Waals surface area contributed by atoms with Crippen molar-refractivity contribution in [2.75, 3.05) is 19.1 Å². The van der Waals surface area contributed by atoms with E-state index in [0.29, 0.717) is 12.4 Å². The van der Waals surface area contributed by atoms with Gasteiger partial charge in [-0.1, -0.05) is 0 Å². The number of methoxy groups -OCH3 is 1. The van der Waals surface area contributed by atoms with Crippen LogP contribution in [-0.4, -0.2) is 38.1 Å². The van der Waals surface area contributed by atoms with Crippen LogP contribution < -0.4 is 9.64 Å². The number of hydrogen-bond acceptors (Lipinski definition) is 7. The Morgan fingerprint density at radius 1 is 1.33 bits per heavy atom. The Bertz CT molecular complexity index is 752. The summed E-state index contributed by atoms with van der Waals surface area (Å²) in [7, 11) is 3.60. The molecule has 3 heterocycles. The highest BCUT2D eigenvalue weighted by molar-refractivity contribution is 7.05. The lowest BCUT2D eigenvalue weighted by atomic mass is 10.4. The maximum absolute atomic E-state index is 5.11. The van der Waals surface area contributed by atoms with Crippen LogP contribution in [0.3, 0.4) is 0 Å². The van der Waals surface area contributed by atoms with Crippen LogP contribution in [0, 0.1) is 0 Å². The fourth-order valence-electron chi connectivity index (χ4n) is 2.15. The molecule has 8 heteroatoms. The first-order chi connectivity index (χ1) is 10.2. The Hall–Kier alpha value is -2.22. The highest BCUT2D eigenvalue weighted by Gasteiger charge is 2.14.